The van der Waals surface area contributed by atoms with E-state index >= 15 is 0 Å². The van der Waals surface area contributed by atoms with E-state index in [4.69, 9.17) is 9.72 Å². The summed E-state index contributed by atoms with van der Waals surface area (Å²) in [7, 11) is 0. The number of halogens is 1. The molecule has 1 saturated heterocycles. The zero-order valence-corrected chi connectivity index (χ0v) is 18.2. The number of aromatic nitrogens is 2. The van der Waals surface area contributed by atoms with Crippen LogP contribution < -0.4 is 9.80 Å². The van der Waals surface area contributed by atoms with Gasteiger partial charge in [-0.25, -0.2) is 19.2 Å². The molecule has 0 aliphatic carbocycles. The molecular formula is C24H27FN4O2. The molecule has 1 fully saturated rings. The van der Waals surface area contributed by atoms with Gasteiger partial charge >= 0.3 is 5.97 Å². The maximum Gasteiger partial charge on any atom is 0.360 e. The van der Waals surface area contributed by atoms with E-state index in [9.17, 15) is 9.18 Å². The predicted octanol–water partition coefficient (Wildman–Crippen LogP) is 4.28. The lowest BCUT2D eigenvalue weighted by Crippen LogP contribution is -2.47. The molecule has 0 spiro atoms. The summed E-state index contributed by atoms with van der Waals surface area (Å²) in [5.74, 6) is -0.115. The van der Waals surface area contributed by atoms with Gasteiger partial charge in [0.1, 0.15) is 5.82 Å². The van der Waals surface area contributed by atoms with Crippen molar-refractivity contribution in [1.29, 1.82) is 0 Å². The number of hydrogen-bond donors (Lipinski definition) is 0. The molecule has 0 saturated carbocycles. The van der Waals surface area contributed by atoms with Gasteiger partial charge in [-0.1, -0.05) is 6.92 Å². The zero-order chi connectivity index (χ0) is 22.0. The molecule has 0 amide bonds. The van der Waals surface area contributed by atoms with Crippen molar-refractivity contribution in [2.45, 2.75) is 27.2 Å². The van der Waals surface area contributed by atoms with Gasteiger partial charge in [0.05, 0.1) is 17.6 Å². The Labute approximate surface area is 181 Å². The second kappa shape index (κ2) is 8.88. The van der Waals surface area contributed by atoms with Crippen molar-refractivity contribution in [3.05, 3.63) is 59.0 Å². The highest BCUT2D eigenvalue weighted by molar-refractivity contribution is 5.95. The molecule has 0 radical (unpaired) electrons. The minimum absolute atomic E-state index is 0.241. The zero-order valence-electron chi connectivity index (χ0n) is 18.2. The van der Waals surface area contributed by atoms with Crippen LogP contribution >= 0.6 is 0 Å². The van der Waals surface area contributed by atoms with Crippen molar-refractivity contribution in [2.75, 3.05) is 42.6 Å². The summed E-state index contributed by atoms with van der Waals surface area (Å²) in [5.41, 5.74) is 4.95. The number of fused-ring (bicyclic) bond motifs is 1. The average Bonchev–Trinajstić information content (AvgIpc) is 2.78. The Hall–Kier alpha value is -3.22. The van der Waals surface area contributed by atoms with Crippen LogP contribution in [0.5, 0.6) is 0 Å². The molecule has 0 atom stereocenters. The normalized spacial score (nSPS) is 14.2. The number of aryl methyl sites for hydroxylation is 2. The summed E-state index contributed by atoms with van der Waals surface area (Å²) < 4.78 is 18.6. The van der Waals surface area contributed by atoms with E-state index in [-0.39, 0.29) is 11.5 Å². The second-order valence-corrected chi connectivity index (χ2v) is 7.91. The third kappa shape index (κ3) is 4.45. The lowest BCUT2D eigenvalue weighted by atomic mass is 10.1. The topological polar surface area (TPSA) is 58.6 Å². The Balaban J connectivity index is 1.64. The Morgan fingerprint density at radius 2 is 1.55 bits per heavy atom. The monoisotopic (exact) mass is 422 g/mol. The smallest absolute Gasteiger partial charge is 0.360 e. The van der Waals surface area contributed by atoms with Crippen LogP contribution in [0, 0.1) is 19.7 Å². The van der Waals surface area contributed by atoms with E-state index in [0.29, 0.717) is 31.0 Å². The first kappa shape index (κ1) is 21.0. The summed E-state index contributed by atoms with van der Waals surface area (Å²) in [4.78, 5) is 26.6. The quantitative estimate of drug-likeness (QED) is 0.572. The fraction of sp³-hybridized carbons (Fsp3) is 0.375. The first-order valence-corrected chi connectivity index (χ1v) is 10.7. The van der Waals surface area contributed by atoms with E-state index in [0.717, 1.165) is 41.8 Å². The van der Waals surface area contributed by atoms with Gasteiger partial charge in [0.15, 0.2) is 11.5 Å². The molecule has 2 aromatic carbocycles. The van der Waals surface area contributed by atoms with Gasteiger partial charge in [0.25, 0.3) is 0 Å². The maximum absolute atomic E-state index is 13.2. The minimum Gasteiger partial charge on any atom is -0.461 e. The predicted molar refractivity (Wildman–Crippen MR) is 120 cm³/mol. The van der Waals surface area contributed by atoms with E-state index < -0.39 is 5.97 Å². The number of esters is 1. The van der Waals surface area contributed by atoms with Crippen molar-refractivity contribution in [2.24, 2.45) is 0 Å². The highest BCUT2D eigenvalue weighted by Crippen LogP contribution is 2.26. The molecule has 0 bridgehead atoms. The number of benzene rings is 2. The third-order valence-electron chi connectivity index (χ3n) is 5.66. The van der Waals surface area contributed by atoms with Gasteiger partial charge in [-0.05, 0) is 67.8 Å². The van der Waals surface area contributed by atoms with E-state index in [1.54, 1.807) is 12.1 Å². The molecule has 0 N–H and O–H groups in total. The maximum atomic E-state index is 13.2. The highest BCUT2D eigenvalue weighted by Gasteiger charge is 2.26. The molecule has 4 rings (SSSR count). The van der Waals surface area contributed by atoms with Crippen molar-refractivity contribution in [1.82, 2.24) is 9.97 Å². The van der Waals surface area contributed by atoms with Crippen LogP contribution in [0.4, 0.5) is 15.9 Å². The van der Waals surface area contributed by atoms with Crippen LogP contribution in [0.25, 0.3) is 11.0 Å². The van der Waals surface area contributed by atoms with Gasteiger partial charge in [0.2, 0.25) is 0 Å². The van der Waals surface area contributed by atoms with Crippen molar-refractivity contribution >= 4 is 28.5 Å². The van der Waals surface area contributed by atoms with E-state index in [1.165, 1.54) is 12.1 Å². The number of carbonyl (C=O) groups excluding carboxylic acids is 1. The lowest BCUT2D eigenvalue weighted by Gasteiger charge is -2.37. The van der Waals surface area contributed by atoms with Gasteiger partial charge in [0, 0.05) is 31.9 Å². The Morgan fingerprint density at radius 1 is 0.968 bits per heavy atom. The molecule has 2 heterocycles. The summed E-state index contributed by atoms with van der Waals surface area (Å²) in [6.45, 7) is 9.20. The summed E-state index contributed by atoms with van der Waals surface area (Å²) in [5, 5.41) is 0. The van der Waals surface area contributed by atoms with Crippen LogP contribution in [0.2, 0.25) is 0 Å². The van der Waals surface area contributed by atoms with Crippen molar-refractivity contribution < 1.29 is 13.9 Å². The van der Waals surface area contributed by atoms with Crippen molar-refractivity contribution in [3.63, 3.8) is 0 Å². The fourth-order valence-electron chi connectivity index (χ4n) is 3.75. The van der Waals surface area contributed by atoms with E-state index in [2.05, 4.69) is 14.8 Å². The first-order chi connectivity index (χ1) is 15.0. The van der Waals surface area contributed by atoms with Crippen LogP contribution in [-0.2, 0) is 4.74 Å². The number of rotatable bonds is 5. The van der Waals surface area contributed by atoms with Gasteiger partial charge in [-0.15, -0.1) is 0 Å². The molecule has 1 aromatic heterocycles. The number of piperazine rings is 1. The summed E-state index contributed by atoms with van der Waals surface area (Å²) in [6.07, 6.45) is 0.747. The highest BCUT2D eigenvalue weighted by atomic mass is 19.1. The number of carbonyl (C=O) groups is 1. The molecule has 31 heavy (non-hydrogen) atoms. The Bertz CT molecular complexity index is 1090. The third-order valence-corrected chi connectivity index (χ3v) is 5.66. The minimum atomic E-state index is -0.439. The van der Waals surface area contributed by atoms with Crippen molar-refractivity contribution in [3.8, 4) is 0 Å². The summed E-state index contributed by atoms with van der Waals surface area (Å²) in [6, 6.07) is 10.5. The van der Waals surface area contributed by atoms with Gasteiger partial charge < -0.3 is 14.5 Å². The lowest BCUT2D eigenvalue weighted by molar-refractivity contribution is 0.0499. The largest absolute Gasteiger partial charge is 0.461 e. The van der Waals surface area contributed by atoms with Crippen LogP contribution in [-0.4, -0.2) is 48.7 Å². The average molecular weight is 423 g/mol. The van der Waals surface area contributed by atoms with Gasteiger partial charge in [-0.2, -0.15) is 0 Å². The molecule has 1 aliphatic rings. The molecule has 3 aromatic rings. The number of hydrogen-bond acceptors (Lipinski definition) is 6. The second-order valence-electron chi connectivity index (χ2n) is 7.91. The standard InChI is InChI=1S/C24H27FN4O2/c1-4-13-31-24(30)22-23(27-21-15-17(3)16(2)14-20(21)26-22)29-11-9-28(10-12-29)19-7-5-18(25)6-8-19/h5-8,14-15H,4,9-13H2,1-3H3. The molecular weight excluding hydrogens is 395 g/mol. The SMILES string of the molecule is CCCOC(=O)c1nc2cc(C)c(C)cc2nc1N1CCN(c2ccc(F)cc2)CC1. The number of ether oxygens (including phenoxy) is 1. The molecule has 7 heteroatoms. The number of nitrogens with zero attached hydrogens (tertiary/aromatic N) is 4. The molecule has 162 valence electrons. The molecule has 1 aliphatic heterocycles. The van der Waals surface area contributed by atoms with Crippen LogP contribution in [0.1, 0.15) is 35.0 Å². The van der Waals surface area contributed by atoms with Crippen LogP contribution in [0.15, 0.2) is 36.4 Å². The van der Waals surface area contributed by atoms with Gasteiger partial charge in [-0.3, -0.25) is 0 Å². The molecule has 6 nitrogen and oxygen atoms in total. The van der Waals surface area contributed by atoms with E-state index in [1.807, 2.05) is 32.9 Å². The molecule has 0 unspecified atom stereocenters. The fourth-order valence-corrected chi connectivity index (χ4v) is 3.75. The number of anilines is 2. The summed E-state index contributed by atoms with van der Waals surface area (Å²) >= 11 is 0. The Morgan fingerprint density at radius 3 is 2.16 bits per heavy atom. The Kier molecular flexibility index (Phi) is 6.02. The first-order valence-electron chi connectivity index (χ1n) is 10.7. The van der Waals surface area contributed by atoms with Crippen LogP contribution in [0.3, 0.4) is 0 Å².